The standard InChI is InChI=1S/C24H20F5N5O4/c1-34-8-7-32-21(34)13-3-2-4-14(9-13)37-22-17(25)19(36-11-24(27,28)29)18(26)23(33-22)38-16-10-12(20(30)31)5-6-15(16)35/h2-6,9-10,35H,7-8,11H2,1H3,(H3,30,31). The van der Waals surface area contributed by atoms with Crippen LogP contribution >= 0.6 is 0 Å². The van der Waals surface area contributed by atoms with E-state index in [4.69, 9.17) is 20.6 Å². The van der Waals surface area contributed by atoms with Gasteiger partial charge in [0, 0.05) is 24.7 Å². The molecule has 2 aromatic carbocycles. The summed E-state index contributed by atoms with van der Waals surface area (Å²) in [7, 11) is 1.82. The van der Waals surface area contributed by atoms with Crippen LogP contribution in [0.3, 0.4) is 0 Å². The first-order valence-corrected chi connectivity index (χ1v) is 10.9. The van der Waals surface area contributed by atoms with E-state index >= 15 is 8.78 Å². The third kappa shape index (κ3) is 5.85. The fourth-order valence-corrected chi connectivity index (χ4v) is 3.42. The molecule has 1 aliphatic heterocycles. The molecule has 0 spiro atoms. The maximum absolute atomic E-state index is 15.1. The average molecular weight is 537 g/mol. The highest BCUT2D eigenvalue weighted by Gasteiger charge is 2.32. The highest BCUT2D eigenvalue weighted by Crippen LogP contribution is 2.40. The van der Waals surface area contributed by atoms with Gasteiger partial charge in [-0.15, -0.1) is 0 Å². The maximum Gasteiger partial charge on any atom is 0.422 e. The largest absolute Gasteiger partial charge is 0.504 e. The molecule has 4 rings (SSSR count). The van der Waals surface area contributed by atoms with Crippen molar-refractivity contribution in [1.29, 1.82) is 5.41 Å². The summed E-state index contributed by atoms with van der Waals surface area (Å²) in [5.74, 6) is -7.63. The Hall–Kier alpha value is -4.62. The monoisotopic (exact) mass is 537 g/mol. The van der Waals surface area contributed by atoms with E-state index < -0.39 is 59.3 Å². The lowest BCUT2D eigenvalue weighted by atomic mass is 10.2. The van der Waals surface area contributed by atoms with Crippen molar-refractivity contribution in [2.24, 2.45) is 10.7 Å². The molecule has 14 heteroatoms. The molecule has 0 fully saturated rings. The Morgan fingerprint density at radius 3 is 2.45 bits per heavy atom. The zero-order valence-corrected chi connectivity index (χ0v) is 19.6. The summed E-state index contributed by atoms with van der Waals surface area (Å²) in [6.45, 7) is -0.757. The van der Waals surface area contributed by atoms with Gasteiger partial charge in [-0.1, -0.05) is 12.1 Å². The van der Waals surface area contributed by atoms with E-state index in [2.05, 4.69) is 14.7 Å². The van der Waals surface area contributed by atoms with Gasteiger partial charge in [-0.2, -0.15) is 26.9 Å². The second-order valence-electron chi connectivity index (χ2n) is 8.04. The Labute approximate surface area is 212 Å². The van der Waals surface area contributed by atoms with Crippen molar-refractivity contribution < 1.29 is 41.3 Å². The molecule has 0 radical (unpaired) electrons. The number of nitrogens with one attached hydrogen (secondary N) is 1. The number of phenolic OH excluding ortho intramolecular Hbond substituents is 1. The number of pyridine rings is 1. The number of aromatic hydroxyl groups is 1. The number of rotatable bonds is 8. The van der Waals surface area contributed by atoms with Crippen LogP contribution in [0.4, 0.5) is 22.0 Å². The molecule has 0 unspecified atom stereocenters. The molecule has 0 saturated heterocycles. The highest BCUT2D eigenvalue weighted by molar-refractivity contribution is 6.00. The number of benzene rings is 2. The Balaban J connectivity index is 1.75. The molecule has 1 aliphatic rings. The minimum atomic E-state index is -4.92. The van der Waals surface area contributed by atoms with Crippen LogP contribution in [-0.4, -0.2) is 59.6 Å². The molecular weight excluding hydrogens is 517 g/mol. The normalized spacial score (nSPS) is 13.3. The number of phenols is 1. The lowest BCUT2D eigenvalue weighted by Gasteiger charge is -2.17. The molecule has 0 amide bonds. The third-order valence-corrected chi connectivity index (χ3v) is 5.20. The number of hydrogen-bond donors (Lipinski definition) is 3. The topological polar surface area (TPSA) is 126 Å². The minimum Gasteiger partial charge on any atom is -0.504 e. The fourth-order valence-electron chi connectivity index (χ4n) is 3.42. The first kappa shape index (κ1) is 26.4. The summed E-state index contributed by atoms with van der Waals surface area (Å²) >= 11 is 0. The van der Waals surface area contributed by atoms with E-state index in [-0.39, 0.29) is 11.3 Å². The second-order valence-corrected chi connectivity index (χ2v) is 8.04. The van der Waals surface area contributed by atoms with Crippen molar-refractivity contribution in [1.82, 2.24) is 9.88 Å². The average Bonchev–Trinajstić information content (AvgIpc) is 3.28. The molecular formula is C24H20F5N5O4. The highest BCUT2D eigenvalue weighted by atomic mass is 19.4. The molecule has 0 atom stereocenters. The van der Waals surface area contributed by atoms with Gasteiger partial charge in [-0.25, -0.2) is 0 Å². The predicted molar refractivity (Wildman–Crippen MR) is 125 cm³/mol. The van der Waals surface area contributed by atoms with E-state index in [9.17, 15) is 18.3 Å². The van der Waals surface area contributed by atoms with Gasteiger partial charge < -0.3 is 30.0 Å². The van der Waals surface area contributed by atoms with Crippen LogP contribution < -0.4 is 19.9 Å². The summed E-state index contributed by atoms with van der Waals surface area (Å²) in [6, 6.07) is 9.61. The van der Waals surface area contributed by atoms with Crippen LogP contribution in [0.15, 0.2) is 47.5 Å². The molecule has 4 N–H and O–H groups in total. The summed E-state index contributed by atoms with van der Waals surface area (Å²) < 4.78 is 83.6. The third-order valence-electron chi connectivity index (χ3n) is 5.20. The zero-order chi connectivity index (χ0) is 27.6. The Kier molecular flexibility index (Phi) is 7.23. The molecule has 1 aromatic heterocycles. The number of likely N-dealkylation sites (N-methyl/N-ethyl adjacent to an activating group) is 1. The lowest BCUT2D eigenvalue weighted by molar-refractivity contribution is -0.154. The van der Waals surface area contributed by atoms with Gasteiger partial charge in [-0.3, -0.25) is 10.4 Å². The number of hydrogen-bond acceptors (Lipinski definition) is 8. The maximum atomic E-state index is 15.1. The summed E-state index contributed by atoms with van der Waals surface area (Å²) in [5, 5.41) is 17.6. The summed E-state index contributed by atoms with van der Waals surface area (Å²) in [6.07, 6.45) is -4.92. The van der Waals surface area contributed by atoms with Crippen LogP contribution in [0.25, 0.3) is 0 Å². The number of nitrogens with zero attached hydrogens (tertiary/aromatic N) is 3. The Bertz CT molecular complexity index is 1410. The zero-order valence-electron chi connectivity index (χ0n) is 19.6. The van der Waals surface area contributed by atoms with Crippen molar-refractivity contribution in [3.63, 3.8) is 0 Å². The van der Waals surface area contributed by atoms with Gasteiger partial charge in [0.15, 0.2) is 18.1 Å². The molecule has 0 aliphatic carbocycles. The molecule has 38 heavy (non-hydrogen) atoms. The van der Waals surface area contributed by atoms with Gasteiger partial charge in [0.05, 0.1) is 6.54 Å². The first-order valence-electron chi connectivity index (χ1n) is 10.9. The van der Waals surface area contributed by atoms with Crippen LogP contribution in [0.5, 0.6) is 34.8 Å². The second kappa shape index (κ2) is 10.4. The SMILES string of the molecule is CN1CCN=C1c1cccc(Oc2nc(Oc3cc(C(=N)N)ccc3O)c(F)c(OCC(F)(F)F)c2F)c1. The van der Waals surface area contributed by atoms with Gasteiger partial charge >= 0.3 is 6.18 Å². The van der Waals surface area contributed by atoms with E-state index in [0.717, 1.165) is 12.1 Å². The number of amidine groups is 2. The molecule has 0 saturated carbocycles. The van der Waals surface area contributed by atoms with Crippen LogP contribution in [0, 0.1) is 17.0 Å². The predicted octanol–water partition coefficient (Wildman–Crippen LogP) is 4.57. The summed E-state index contributed by atoms with van der Waals surface area (Å²) in [4.78, 5) is 9.88. The van der Waals surface area contributed by atoms with Gasteiger partial charge in [0.2, 0.25) is 17.4 Å². The van der Waals surface area contributed by atoms with Crippen molar-refractivity contribution >= 4 is 11.7 Å². The Morgan fingerprint density at radius 1 is 1.11 bits per heavy atom. The number of nitrogens with two attached hydrogens (primary N) is 1. The van der Waals surface area contributed by atoms with Crippen molar-refractivity contribution in [3.8, 4) is 34.8 Å². The first-order chi connectivity index (χ1) is 17.9. The van der Waals surface area contributed by atoms with Gasteiger partial charge in [0.25, 0.3) is 11.8 Å². The smallest absolute Gasteiger partial charge is 0.422 e. The minimum absolute atomic E-state index is 0.0117. The lowest BCUT2D eigenvalue weighted by Crippen LogP contribution is -2.23. The van der Waals surface area contributed by atoms with Gasteiger partial charge in [-0.05, 0) is 30.3 Å². The molecule has 3 aromatic rings. The number of aromatic nitrogens is 1. The van der Waals surface area contributed by atoms with E-state index in [1.807, 2.05) is 11.9 Å². The van der Waals surface area contributed by atoms with Crippen molar-refractivity contribution in [2.45, 2.75) is 6.18 Å². The number of nitrogen functional groups attached to an aromatic ring is 1. The number of alkyl halides is 3. The van der Waals surface area contributed by atoms with E-state index in [1.54, 1.807) is 12.1 Å². The molecule has 200 valence electrons. The van der Waals surface area contributed by atoms with Crippen LogP contribution in [0.2, 0.25) is 0 Å². The van der Waals surface area contributed by atoms with E-state index in [0.29, 0.717) is 24.5 Å². The van der Waals surface area contributed by atoms with Crippen LogP contribution in [-0.2, 0) is 0 Å². The quantitative estimate of drug-likeness (QED) is 0.218. The number of aliphatic imine (C=N–C) groups is 1. The number of halogens is 5. The molecule has 0 bridgehead atoms. The summed E-state index contributed by atoms with van der Waals surface area (Å²) in [5.41, 5.74) is 6.09. The molecule has 2 heterocycles. The molecule has 9 nitrogen and oxygen atoms in total. The van der Waals surface area contributed by atoms with Crippen molar-refractivity contribution in [2.75, 3.05) is 26.7 Å². The Morgan fingerprint density at radius 2 is 1.82 bits per heavy atom. The van der Waals surface area contributed by atoms with Crippen LogP contribution in [0.1, 0.15) is 11.1 Å². The van der Waals surface area contributed by atoms with E-state index in [1.165, 1.54) is 18.2 Å². The fraction of sp³-hybridized carbons (Fsp3) is 0.208. The number of ether oxygens (including phenoxy) is 3. The van der Waals surface area contributed by atoms with Crippen molar-refractivity contribution in [3.05, 3.63) is 65.2 Å². The van der Waals surface area contributed by atoms with Gasteiger partial charge in [0.1, 0.15) is 17.4 Å².